The molecule has 1 aromatic carbocycles. The van der Waals surface area contributed by atoms with Gasteiger partial charge in [0.05, 0.1) is 0 Å². The maximum Gasteiger partial charge on any atom is 0.479 e. The molecule has 1 aliphatic rings. The van der Waals surface area contributed by atoms with Crippen LogP contribution in [-0.2, 0) is 4.79 Å². The standard InChI is InChI=1S/C14H17F3N2O2S/c1-18-12(13(20)19-8-2-3-9-19)10-4-6-11(7-5-10)21-22-14(15,16)17/h4-7,12,18H,2-3,8-9H2,1H3. The molecule has 1 amide bonds. The maximum absolute atomic E-state index is 12.4. The average Bonchev–Trinajstić information content (AvgIpc) is 3.00. The van der Waals surface area contributed by atoms with Crippen molar-refractivity contribution in [2.75, 3.05) is 20.1 Å². The second kappa shape index (κ2) is 7.23. The van der Waals surface area contributed by atoms with Crippen molar-refractivity contribution in [1.82, 2.24) is 10.2 Å². The van der Waals surface area contributed by atoms with Gasteiger partial charge in [0.15, 0.2) is 12.0 Å². The Hall–Kier alpha value is -1.41. The zero-order valence-electron chi connectivity index (χ0n) is 12.0. The second-order valence-corrected chi connectivity index (χ2v) is 5.73. The summed E-state index contributed by atoms with van der Waals surface area (Å²) in [5.41, 5.74) is -3.75. The third-order valence-corrected chi connectivity index (χ3v) is 3.86. The molecule has 0 radical (unpaired) electrons. The molecule has 1 N–H and O–H groups in total. The van der Waals surface area contributed by atoms with E-state index in [4.69, 9.17) is 0 Å². The largest absolute Gasteiger partial charge is 0.479 e. The molecule has 1 aromatic rings. The number of amides is 1. The van der Waals surface area contributed by atoms with Crippen LogP contribution in [0.3, 0.4) is 0 Å². The van der Waals surface area contributed by atoms with Crippen LogP contribution in [0.2, 0.25) is 0 Å². The lowest BCUT2D eigenvalue weighted by atomic mass is 10.1. The Morgan fingerprint density at radius 2 is 1.86 bits per heavy atom. The van der Waals surface area contributed by atoms with Gasteiger partial charge in [-0.1, -0.05) is 12.1 Å². The van der Waals surface area contributed by atoms with Gasteiger partial charge in [0.1, 0.15) is 11.8 Å². The lowest BCUT2D eigenvalue weighted by Gasteiger charge is -2.23. The van der Waals surface area contributed by atoms with E-state index in [9.17, 15) is 18.0 Å². The smallest absolute Gasteiger partial charge is 0.417 e. The molecule has 2 rings (SSSR count). The van der Waals surface area contributed by atoms with Crippen LogP contribution in [0.4, 0.5) is 13.2 Å². The summed E-state index contributed by atoms with van der Waals surface area (Å²) in [5, 5.41) is 2.95. The van der Waals surface area contributed by atoms with E-state index in [1.165, 1.54) is 12.1 Å². The summed E-state index contributed by atoms with van der Waals surface area (Å²) in [6.45, 7) is 1.50. The number of rotatable bonds is 5. The zero-order chi connectivity index (χ0) is 16.2. The summed E-state index contributed by atoms with van der Waals surface area (Å²) < 4.78 is 40.8. The molecular weight excluding hydrogens is 317 g/mol. The highest BCUT2D eigenvalue weighted by atomic mass is 32.2. The number of carbonyl (C=O) groups is 1. The van der Waals surface area contributed by atoms with Crippen molar-refractivity contribution in [3.8, 4) is 5.75 Å². The molecule has 0 aromatic heterocycles. The first kappa shape index (κ1) is 17.0. The van der Waals surface area contributed by atoms with Crippen molar-refractivity contribution >= 4 is 17.9 Å². The molecular formula is C14H17F3N2O2S. The number of hydrogen-bond acceptors (Lipinski definition) is 4. The molecule has 8 heteroatoms. The molecule has 1 fully saturated rings. The van der Waals surface area contributed by atoms with Gasteiger partial charge >= 0.3 is 5.51 Å². The number of nitrogens with one attached hydrogen (secondary N) is 1. The summed E-state index contributed by atoms with van der Waals surface area (Å²) in [4.78, 5) is 14.2. The van der Waals surface area contributed by atoms with E-state index in [-0.39, 0.29) is 11.7 Å². The van der Waals surface area contributed by atoms with Crippen molar-refractivity contribution in [2.45, 2.75) is 24.4 Å². The first-order valence-electron chi connectivity index (χ1n) is 6.89. The predicted molar refractivity (Wildman–Crippen MR) is 78.3 cm³/mol. The molecule has 0 spiro atoms. The molecule has 0 aliphatic carbocycles. The minimum absolute atomic E-state index is 0.0154. The number of likely N-dealkylation sites (tertiary alicyclic amines) is 1. The summed E-state index contributed by atoms with van der Waals surface area (Å²) in [7, 11) is 1.68. The Morgan fingerprint density at radius 3 is 2.36 bits per heavy atom. The van der Waals surface area contributed by atoms with Crippen molar-refractivity contribution < 1.29 is 22.1 Å². The Morgan fingerprint density at radius 1 is 1.27 bits per heavy atom. The third-order valence-electron chi connectivity index (χ3n) is 3.40. The summed E-state index contributed by atoms with van der Waals surface area (Å²) in [5.74, 6) is 0.0767. The van der Waals surface area contributed by atoms with Crippen molar-refractivity contribution in [3.63, 3.8) is 0 Å². The molecule has 4 nitrogen and oxygen atoms in total. The fourth-order valence-corrected chi connectivity index (χ4v) is 2.67. The topological polar surface area (TPSA) is 41.6 Å². The van der Waals surface area contributed by atoms with E-state index in [0.717, 1.165) is 25.9 Å². The van der Waals surface area contributed by atoms with Crippen LogP contribution in [0, 0.1) is 0 Å². The second-order valence-electron chi connectivity index (χ2n) is 4.94. The van der Waals surface area contributed by atoms with Crippen LogP contribution >= 0.6 is 12.0 Å². The molecule has 1 atom stereocenters. The maximum atomic E-state index is 12.4. The van der Waals surface area contributed by atoms with E-state index in [2.05, 4.69) is 9.50 Å². The number of likely N-dealkylation sites (N-methyl/N-ethyl adjacent to an activating group) is 1. The molecule has 1 saturated heterocycles. The fraction of sp³-hybridized carbons (Fsp3) is 0.500. The molecule has 1 unspecified atom stereocenters. The Balaban J connectivity index is 2.02. The zero-order valence-corrected chi connectivity index (χ0v) is 12.8. The molecule has 122 valence electrons. The number of benzene rings is 1. The van der Waals surface area contributed by atoms with Crippen LogP contribution in [0.15, 0.2) is 24.3 Å². The highest BCUT2D eigenvalue weighted by Crippen LogP contribution is 2.32. The number of alkyl halides is 3. The normalized spacial score (nSPS) is 16.6. The van der Waals surface area contributed by atoms with E-state index in [0.29, 0.717) is 5.56 Å². The number of carbonyl (C=O) groups excluding carboxylic acids is 1. The monoisotopic (exact) mass is 334 g/mol. The highest BCUT2D eigenvalue weighted by molar-refractivity contribution is 7.95. The van der Waals surface area contributed by atoms with Crippen LogP contribution in [0.1, 0.15) is 24.4 Å². The quantitative estimate of drug-likeness (QED) is 0.840. The van der Waals surface area contributed by atoms with Gasteiger partial charge in [-0.3, -0.25) is 4.79 Å². The predicted octanol–water partition coefficient (Wildman–Crippen LogP) is 3.12. The molecule has 1 aliphatic heterocycles. The molecule has 22 heavy (non-hydrogen) atoms. The molecule has 1 heterocycles. The summed E-state index contributed by atoms with van der Waals surface area (Å²) in [6, 6.07) is 5.55. The van der Waals surface area contributed by atoms with Crippen LogP contribution in [0.5, 0.6) is 5.75 Å². The van der Waals surface area contributed by atoms with Gasteiger partial charge in [-0.2, -0.15) is 13.2 Å². The van der Waals surface area contributed by atoms with Gasteiger partial charge in [-0.15, -0.1) is 0 Å². The molecule has 0 saturated carbocycles. The van der Waals surface area contributed by atoms with E-state index in [1.54, 1.807) is 24.1 Å². The number of halogens is 3. The lowest BCUT2D eigenvalue weighted by Crippen LogP contribution is -2.38. The summed E-state index contributed by atoms with van der Waals surface area (Å²) >= 11 is -0.557. The van der Waals surface area contributed by atoms with E-state index < -0.39 is 23.6 Å². The summed E-state index contributed by atoms with van der Waals surface area (Å²) in [6.07, 6.45) is 2.01. The number of hydrogen-bond donors (Lipinski definition) is 1. The van der Waals surface area contributed by atoms with E-state index in [1.807, 2.05) is 0 Å². The van der Waals surface area contributed by atoms with Gasteiger partial charge in [0, 0.05) is 13.1 Å². The van der Waals surface area contributed by atoms with Crippen LogP contribution < -0.4 is 9.50 Å². The first-order valence-corrected chi connectivity index (χ1v) is 7.63. The SMILES string of the molecule is CNC(C(=O)N1CCCC1)c1ccc(OSC(F)(F)F)cc1. The van der Waals surface area contributed by atoms with Gasteiger partial charge in [-0.05, 0) is 37.6 Å². The minimum Gasteiger partial charge on any atom is -0.417 e. The van der Waals surface area contributed by atoms with Gasteiger partial charge in [0.25, 0.3) is 0 Å². The van der Waals surface area contributed by atoms with E-state index >= 15 is 0 Å². The average molecular weight is 334 g/mol. The molecule has 0 bridgehead atoms. The van der Waals surface area contributed by atoms with Gasteiger partial charge < -0.3 is 14.4 Å². The Labute approximate surface area is 131 Å². The van der Waals surface area contributed by atoms with Crippen LogP contribution in [-0.4, -0.2) is 36.5 Å². The number of nitrogens with zero attached hydrogens (tertiary/aromatic N) is 1. The van der Waals surface area contributed by atoms with Crippen molar-refractivity contribution in [3.05, 3.63) is 29.8 Å². The van der Waals surface area contributed by atoms with Gasteiger partial charge in [0.2, 0.25) is 5.91 Å². The van der Waals surface area contributed by atoms with Crippen molar-refractivity contribution in [1.29, 1.82) is 0 Å². The minimum atomic E-state index is -4.45. The van der Waals surface area contributed by atoms with Gasteiger partial charge in [-0.25, -0.2) is 0 Å². The Kier molecular flexibility index (Phi) is 5.57. The third kappa shape index (κ3) is 4.54. The van der Waals surface area contributed by atoms with Crippen molar-refractivity contribution in [2.24, 2.45) is 0 Å². The first-order chi connectivity index (χ1) is 10.4. The lowest BCUT2D eigenvalue weighted by molar-refractivity contribution is -0.132. The Bertz CT molecular complexity index is 502. The fourth-order valence-electron chi connectivity index (χ4n) is 2.36. The van der Waals surface area contributed by atoms with Crippen LogP contribution in [0.25, 0.3) is 0 Å². The highest BCUT2D eigenvalue weighted by Gasteiger charge is 2.31.